The Morgan fingerprint density at radius 1 is 1.14 bits per heavy atom. The van der Waals surface area contributed by atoms with Gasteiger partial charge in [-0.1, -0.05) is 6.07 Å². The van der Waals surface area contributed by atoms with Crippen molar-refractivity contribution in [1.82, 2.24) is 5.32 Å². The van der Waals surface area contributed by atoms with E-state index in [-0.39, 0.29) is 70.0 Å². The summed E-state index contributed by atoms with van der Waals surface area (Å²) in [5.74, 6) is -0.543. The van der Waals surface area contributed by atoms with E-state index in [1.54, 1.807) is 20.8 Å². The second-order valence-corrected chi connectivity index (χ2v) is 7.30. The van der Waals surface area contributed by atoms with E-state index in [4.69, 9.17) is 9.47 Å². The minimum Gasteiger partial charge on any atom is -0.497 e. The molecule has 1 amide bonds. The van der Waals surface area contributed by atoms with Gasteiger partial charge in [0.05, 0.1) is 14.2 Å². The van der Waals surface area contributed by atoms with Crippen LogP contribution in [0.1, 0.15) is 39.2 Å². The van der Waals surface area contributed by atoms with E-state index in [0.717, 1.165) is 12.1 Å². The third kappa shape index (κ3) is 10.7. The zero-order valence-electron chi connectivity index (χ0n) is 17.7. The fourth-order valence-corrected chi connectivity index (χ4v) is 2.49. The van der Waals surface area contributed by atoms with E-state index in [9.17, 15) is 22.5 Å². The minimum atomic E-state index is -5.16. The van der Waals surface area contributed by atoms with Crippen molar-refractivity contribution in [2.24, 2.45) is 0 Å². The Kier molecular flexibility index (Phi) is 11.9. The van der Waals surface area contributed by atoms with Gasteiger partial charge in [0.15, 0.2) is 0 Å². The number of esters is 1. The zero-order chi connectivity index (χ0) is 21.5. The Balaban J connectivity index is 0.00000784. The van der Waals surface area contributed by atoms with E-state index >= 15 is 0 Å². The summed E-state index contributed by atoms with van der Waals surface area (Å²) in [7, 11) is 2.48. The second kappa shape index (κ2) is 12.2. The smallest absolute Gasteiger partial charge is 0.497 e. The molecule has 6 nitrogen and oxygen atoms in total. The predicted molar refractivity (Wildman–Crippen MR) is 99.8 cm³/mol. The Labute approximate surface area is 211 Å². The van der Waals surface area contributed by atoms with E-state index in [2.05, 4.69) is 10.1 Å². The van der Waals surface area contributed by atoms with Crippen LogP contribution in [0.5, 0.6) is 5.75 Å². The molecule has 0 heterocycles. The van der Waals surface area contributed by atoms with Gasteiger partial charge in [-0.15, -0.1) is 5.46 Å². The van der Waals surface area contributed by atoms with Gasteiger partial charge in [0.1, 0.15) is 17.4 Å². The Hall–Kier alpha value is -0.749. The fourth-order valence-electron chi connectivity index (χ4n) is 2.49. The Bertz CT molecular complexity index is 695. The summed E-state index contributed by atoms with van der Waals surface area (Å²) in [6.45, 7) is -0.107. The van der Waals surface area contributed by atoms with Crippen molar-refractivity contribution in [3.63, 3.8) is 0 Å². The van der Waals surface area contributed by atoms with Crippen LogP contribution in [0.3, 0.4) is 0 Å². The van der Waals surface area contributed by atoms with Gasteiger partial charge in [0.25, 0.3) is 0 Å². The van der Waals surface area contributed by atoms with Crippen molar-refractivity contribution in [2.45, 2.75) is 51.7 Å². The standard InChI is InChI=1S/C18H26BF3NO5.K/c1-18(2,3)28-17(25)23-15(16(24)27-5)8-6-7-12-9-13(19(20,21)22)11-14(10-12)26-4;/h9-11,15H,6-8H2,1-5H3,(H,23,25);/q-1;+1/t15-;/m0./s1. The molecule has 0 aliphatic carbocycles. The van der Waals surface area contributed by atoms with Crippen LogP contribution in [-0.4, -0.2) is 44.9 Å². The minimum absolute atomic E-state index is 0. The monoisotopic (exact) mass is 443 g/mol. The van der Waals surface area contributed by atoms with Crippen molar-refractivity contribution < 1.29 is 88.1 Å². The Morgan fingerprint density at radius 3 is 2.24 bits per heavy atom. The topological polar surface area (TPSA) is 73.9 Å². The molecule has 0 unspecified atom stereocenters. The maximum atomic E-state index is 13.0. The average molecular weight is 443 g/mol. The molecular formula is C18H26BF3KNO5. The van der Waals surface area contributed by atoms with Crippen molar-refractivity contribution in [3.8, 4) is 5.75 Å². The molecule has 1 aromatic rings. The molecule has 0 spiro atoms. The van der Waals surface area contributed by atoms with E-state index in [1.807, 2.05) is 0 Å². The summed E-state index contributed by atoms with van der Waals surface area (Å²) in [5.41, 5.74) is -1.05. The molecule has 0 radical (unpaired) electrons. The molecule has 0 fully saturated rings. The number of halogens is 3. The quantitative estimate of drug-likeness (QED) is 0.457. The molecule has 0 saturated carbocycles. The molecule has 0 aliphatic heterocycles. The van der Waals surface area contributed by atoms with Crippen molar-refractivity contribution in [2.75, 3.05) is 14.2 Å². The first-order chi connectivity index (χ1) is 12.9. The van der Waals surface area contributed by atoms with Gasteiger partial charge < -0.3 is 32.5 Å². The Morgan fingerprint density at radius 2 is 1.76 bits per heavy atom. The number of carbonyl (C=O) groups excluding carboxylic acids is 2. The number of carbonyl (C=O) groups is 2. The zero-order valence-corrected chi connectivity index (χ0v) is 20.8. The van der Waals surface area contributed by atoms with Gasteiger partial charge in [0, 0.05) is 0 Å². The van der Waals surface area contributed by atoms with E-state index in [1.165, 1.54) is 20.3 Å². The van der Waals surface area contributed by atoms with Gasteiger partial charge in [-0.25, -0.2) is 9.59 Å². The van der Waals surface area contributed by atoms with Crippen LogP contribution >= 0.6 is 0 Å². The van der Waals surface area contributed by atoms with Gasteiger partial charge in [-0.3, -0.25) is 0 Å². The number of ether oxygens (including phenoxy) is 3. The fraction of sp³-hybridized carbons (Fsp3) is 0.556. The third-order valence-electron chi connectivity index (χ3n) is 3.74. The number of amides is 1. The average Bonchev–Trinajstić information content (AvgIpc) is 2.57. The first-order valence-corrected chi connectivity index (χ1v) is 8.81. The van der Waals surface area contributed by atoms with Gasteiger partial charge in [0.2, 0.25) is 0 Å². The number of rotatable bonds is 8. The molecule has 1 N–H and O–H groups in total. The SMILES string of the molecule is COC(=O)[C@H](CCCc1cc(OC)cc([B-](F)(F)F)c1)NC(=O)OC(C)(C)C.[K+]. The van der Waals surface area contributed by atoms with E-state index in [0.29, 0.717) is 12.0 Å². The van der Waals surface area contributed by atoms with Crippen LogP contribution in [0.2, 0.25) is 0 Å². The molecule has 1 atom stereocenters. The van der Waals surface area contributed by atoms with Crippen LogP contribution in [0, 0.1) is 0 Å². The van der Waals surface area contributed by atoms with Crippen LogP contribution in [0.15, 0.2) is 18.2 Å². The third-order valence-corrected chi connectivity index (χ3v) is 3.74. The number of alkyl carbamates (subject to hydrolysis) is 1. The number of benzene rings is 1. The summed E-state index contributed by atoms with van der Waals surface area (Å²) in [6.07, 6.45) is 0.00835. The summed E-state index contributed by atoms with van der Waals surface area (Å²) < 4.78 is 53.9. The van der Waals surface area contributed by atoms with Crippen molar-refractivity contribution >= 4 is 24.5 Å². The molecular weight excluding hydrogens is 417 g/mol. The summed E-state index contributed by atoms with van der Waals surface area (Å²) in [5, 5.41) is 2.43. The molecule has 0 aromatic heterocycles. The maximum absolute atomic E-state index is 13.0. The van der Waals surface area contributed by atoms with E-state index < -0.39 is 36.1 Å². The van der Waals surface area contributed by atoms with Crippen LogP contribution in [0.4, 0.5) is 17.7 Å². The summed E-state index contributed by atoms with van der Waals surface area (Å²) in [4.78, 5) is 23.8. The van der Waals surface area contributed by atoms with Gasteiger partial charge >= 0.3 is 70.4 Å². The van der Waals surface area contributed by atoms with Gasteiger partial charge in [-0.05, 0) is 57.7 Å². The van der Waals surface area contributed by atoms with Crippen LogP contribution in [0.25, 0.3) is 0 Å². The maximum Gasteiger partial charge on any atom is 1.00 e. The van der Waals surface area contributed by atoms with Crippen molar-refractivity contribution in [1.29, 1.82) is 0 Å². The molecule has 0 saturated heterocycles. The first-order valence-electron chi connectivity index (χ1n) is 8.81. The van der Waals surface area contributed by atoms with Crippen LogP contribution < -0.4 is 66.9 Å². The molecule has 158 valence electrons. The number of hydrogen-bond donors (Lipinski definition) is 1. The molecule has 0 bridgehead atoms. The van der Waals surface area contributed by atoms with Crippen molar-refractivity contribution in [3.05, 3.63) is 23.8 Å². The first kappa shape index (κ1) is 28.3. The molecule has 1 aromatic carbocycles. The largest absolute Gasteiger partial charge is 1.00 e. The molecule has 1 rings (SSSR count). The summed E-state index contributed by atoms with van der Waals surface area (Å²) >= 11 is 0. The molecule has 11 heteroatoms. The number of methoxy groups -OCH3 is 2. The summed E-state index contributed by atoms with van der Waals surface area (Å²) in [6, 6.07) is 2.57. The number of nitrogens with one attached hydrogen (secondary N) is 1. The van der Waals surface area contributed by atoms with Crippen LogP contribution in [-0.2, 0) is 20.7 Å². The normalized spacial score (nSPS) is 12.4. The molecule has 0 aliphatic rings. The van der Waals surface area contributed by atoms with Gasteiger partial charge in [-0.2, -0.15) is 0 Å². The molecule has 29 heavy (non-hydrogen) atoms. The second-order valence-electron chi connectivity index (χ2n) is 7.30. The number of aryl methyl sites for hydroxylation is 1. The predicted octanol–water partition coefficient (Wildman–Crippen LogP) is 0.143. The number of hydrogen-bond acceptors (Lipinski definition) is 5.